The van der Waals surface area contributed by atoms with E-state index in [2.05, 4.69) is 44.3 Å². The van der Waals surface area contributed by atoms with E-state index >= 15 is 0 Å². The smallest absolute Gasteiger partial charge is 0.0728 e. The molecule has 0 bridgehead atoms. The SMILES string of the molecule is CCCn1cc(N[C@H](C)CC(C)(C)OC)cn1. The lowest BCUT2D eigenvalue weighted by Crippen LogP contribution is -2.31. The fraction of sp³-hybridized carbons (Fsp3) is 0.769. The Morgan fingerprint density at radius 3 is 2.82 bits per heavy atom. The lowest BCUT2D eigenvalue weighted by Gasteiger charge is -2.27. The Morgan fingerprint density at radius 2 is 2.24 bits per heavy atom. The van der Waals surface area contributed by atoms with Crippen molar-refractivity contribution in [2.75, 3.05) is 12.4 Å². The second-order valence-corrected chi connectivity index (χ2v) is 5.21. The molecule has 0 spiro atoms. The van der Waals surface area contributed by atoms with Crippen LogP contribution in [0.2, 0.25) is 0 Å². The molecule has 0 aliphatic carbocycles. The average Bonchev–Trinajstić information content (AvgIpc) is 2.65. The molecule has 1 N–H and O–H groups in total. The summed E-state index contributed by atoms with van der Waals surface area (Å²) in [7, 11) is 1.76. The van der Waals surface area contributed by atoms with E-state index in [1.165, 1.54) is 0 Å². The van der Waals surface area contributed by atoms with E-state index in [0.717, 1.165) is 25.1 Å². The quantitative estimate of drug-likeness (QED) is 0.795. The third kappa shape index (κ3) is 4.77. The van der Waals surface area contributed by atoms with Crippen LogP contribution in [0.4, 0.5) is 5.69 Å². The minimum atomic E-state index is -0.0914. The summed E-state index contributed by atoms with van der Waals surface area (Å²) in [6.45, 7) is 9.49. The first-order valence-corrected chi connectivity index (χ1v) is 6.31. The van der Waals surface area contributed by atoms with Gasteiger partial charge < -0.3 is 10.1 Å². The Kier molecular flexibility index (Phi) is 5.00. The molecule has 0 fully saturated rings. The molecule has 4 heteroatoms. The molecule has 98 valence electrons. The first-order valence-electron chi connectivity index (χ1n) is 6.31. The molecule has 1 aromatic rings. The van der Waals surface area contributed by atoms with Crippen LogP contribution in [0.5, 0.6) is 0 Å². The summed E-state index contributed by atoms with van der Waals surface area (Å²) in [5, 5.41) is 7.75. The van der Waals surface area contributed by atoms with Gasteiger partial charge in [0.1, 0.15) is 0 Å². The van der Waals surface area contributed by atoms with Crippen LogP contribution in [0.25, 0.3) is 0 Å². The van der Waals surface area contributed by atoms with Gasteiger partial charge in [0.15, 0.2) is 0 Å². The molecule has 1 heterocycles. The molecule has 0 saturated heterocycles. The normalized spacial score (nSPS) is 13.7. The van der Waals surface area contributed by atoms with E-state index in [1.54, 1.807) is 7.11 Å². The highest BCUT2D eigenvalue weighted by molar-refractivity contribution is 5.39. The first kappa shape index (κ1) is 14.0. The highest BCUT2D eigenvalue weighted by atomic mass is 16.5. The maximum atomic E-state index is 5.43. The van der Waals surface area contributed by atoms with Crippen molar-refractivity contribution in [1.82, 2.24) is 9.78 Å². The van der Waals surface area contributed by atoms with Gasteiger partial charge in [-0.25, -0.2) is 0 Å². The lowest BCUT2D eigenvalue weighted by molar-refractivity contribution is 0.0128. The number of nitrogens with zero attached hydrogens (tertiary/aromatic N) is 2. The number of rotatable bonds is 7. The van der Waals surface area contributed by atoms with Crippen LogP contribution in [0.15, 0.2) is 12.4 Å². The van der Waals surface area contributed by atoms with E-state index in [1.807, 2.05) is 10.9 Å². The van der Waals surface area contributed by atoms with Crippen molar-refractivity contribution in [3.63, 3.8) is 0 Å². The highest BCUT2D eigenvalue weighted by Crippen LogP contribution is 2.18. The van der Waals surface area contributed by atoms with Gasteiger partial charge in [0, 0.05) is 25.9 Å². The molecule has 1 aromatic heterocycles. The average molecular weight is 239 g/mol. The molecule has 0 aromatic carbocycles. The van der Waals surface area contributed by atoms with Crippen LogP contribution >= 0.6 is 0 Å². The van der Waals surface area contributed by atoms with Gasteiger partial charge >= 0.3 is 0 Å². The number of aryl methyl sites for hydroxylation is 1. The summed E-state index contributed by atoms with van der Waals surface area (Å²) in [5.41, 5.74) is 0.990. The van der Waals surface area contributed by atoms with Gasteiger partial charge in [0.2, 0.25) is 0 Å². The minimum absolute atomic E-state index is 0.0914. The van der Waals surface area contributed by atoms with Crippen molar-refractivity contribution in [2.45, 2.75) is 58.7 Å². The van der Waals surface area contributed by atoms with Crippen LogP contribution in [0.1, 0.15) is 40.5 Å². The zero-order valence-corrected chi connectivity index (χ0v) is 11.7. The lowest BCUT2D eigenvalue weighted by atomic mass is 10.00. The molecule has 4 nitrogen and oxygen atoms in total. The number of hydrogen-bond acceptors (Lipinski definition) is 3. The molecule has 0 unspecified atom stereocenters. The number of aromatic nitrogens is 2. The standard InChI is InChI=1S/C13H25N3O/c1-6-7-16-10-12(9-14-16)15-11(2)8-13(3,4)17-5/h9-11,15H,6-8H2,1-5H3/t11-/m1/s1. The van der Waals surface area contributed by atoms with Gasteiger partial charge in [-0.05, 0) is 33.6 Å². The predicted molar refractivity (Wildman–Crippen MR) is 71.3 cm³/mol. The molecule has 0 radical (unpaired) electrons. The van der Waals surface area contributed by atoms with Crippen LogP contribution in [0, 0.1) is 0 Å². The zero-order chi connectivity index (χ0) is 12.9. The Balaban J connectivity index is 2.47. The second-order valence-electron chi connectivity index (χ2n) is 5.21. The summed E-state index contributed by atoms with van der Waals surface area (Å²) in [4.78, 5) is 0. The second kappa shape index (κ2) is 6.05. The van der Waals surface area contributed by atoms with Crippen LogP contribution < -0.4 is 5.32 Å². The number of hydrogen-bond donors (Lipinski definition) is 1. The van der Waals surface area contributed by atoms with Crippen molar-refractivity contribution in [2.24, 2.45) is 0 Å². The van der Waals surface area contributed by atoms with Gasteiger partial charge in [0.05, 0.1) is 17.5 Å². The summed E-state index contributed by atoms with van der Waals surface area (Å²) in [5.74, 6) is 0. The molecule has 1 atom stereocenters. The summed E-state index contributed by atoms with van der Waals surface area (Å²) in [6.07, 6.45) is 6.00. The maximum Gasteiger partial charge on any atom is 0.0728 e. The first-order chi connectivity index (χ1) is 7.96. The molecular weight excluding hydrogens is 214 g/mol. The van der Waals surface area contributed by atoms with Crippen molar-refractivity contribution in [3.05, 3.63) is 12.4 Å². The molecule has 0 aliphatic rings. The number of nitrogens with one attached hydrogen (secondary N) is 1. The Hall–Kier alpha value is -1.03. The van der Waals surface area contributed by atoms with Gasteiger partial charge in [-0.3, -0.25) is 4.68 Å². The van der Waals surface area contributed by atoms with Crippen LogP contribution in [-0.2, 0) is 11.3 Å². The third-order valence-corrected chi connectivity index (χ3v) is 2.85. The van der Waals surface area contributed by atoms with E-state index in [4.69, 9.17) is 4.74 Å². The van der Waals surface area contributed by atoms with Gasteiger partial charge in [-0.2, -0.15) is 5.10 Å². The van der Waals surface area contributed by atoms with E-state index in [0.29, 0.717) is 6.04 Å². The van der Waals surface area contributed by atoms with Crippen molar-refractivity contribution < 1.29 is 4.74 Å². The summed E-state index contributed by atoms with van der Waals surface area (Å²) >= 11 is 0. The summed E-state index contributed by atoms with van der Waals surface area (Å²) in [6, 6.07) is 0.365. The van der Waals surface area contributed by atoms with Gasteiger partial charge in [-0.15, -0.1) is 0 Å². The van der Waals surface area contributed by atoms with E-state index in [-0.39, 0.29) is 5.60 Å². The molecule has 0 aliphatic heterocycles. The fourth-order valence-electron chi connectivity index (χ4n) is 1.95. The number of methoxy groups -OCH3 is 1. The topological polar surface area (TPSA) is 39.1 Å². The molecule has 0 amide bonds. The van der Waals surface area contributed by atoms with Crippen molar-refractivity contribution in [3.8, 4) is 0 Å². The van der Waals surface area contributed by atoms with Crippen LogP contribution in [0.3, 0.4) is 0 Å². The zero-order valence-electron chi connectivity index (χ0n) is 11.7. The molecule has 1 rings (SSSR count). The number of anilines is 1. The monoisotopic (exact) mass is 239 g/mol. The largest absolute Gasteiger partial charge is 0.380 e. The Labute approximate surface area is 104 Å². The maximum absolute atomic E-state index is 5.43. The van der Waals surface area contributed by atoms with E-state index < -0.39 is 0 Å². The van der Waals surface area contributed by atoms with Gasteiger partial charge in [-0.1, -0.05) is 6.92 Å². The van der Waals surface area contributed by atoms with E-state index in [9.17, 15) is 0 Å². The predicted octanol–water partition coefficient (Wildman–Crippen LogP) is 2.91. The van der Waals surface area contributed by atoms with Crippen molar-refractivity contribution in [1.29, 1.82) is 0 Å². The fourth-order valence-corrected chi connectivity index (χ4v) is 1.95. The van der Waals surface area contributed by atoms with Crippen molar-refractivity contribution >= 4 is 5.69 Å². The van der Waals surface area contributed by atoms with Crippen LogP contribution in [-0.4, -0.2) is 28.5 Å². The molecule has 0 saturated carbocycles. The molecular formula is C13H25N3O. The number of ether oxygens (including phenoxy) is 1. The van der Waals surface area contributed by atoms with Gasteiger partial charge in [0.25, 0.3) is 0 Å². The Morgan fingerprint density at radius 1 is 1.53 bits per heavy atom. The minimum Gasteiger partial charge on any atom is -0.380 e. The highest BCUT2D eigenvalue weighted by Gasteiger charge is 2.20. The Bertz CT molecular complexity index is 333. The summed E-state index contributed by atoms with van der Waals surface area (Å²) < 4.78 is 7.40. The molecule has 17 heavy (non-hydrogen) atoms. The third-order valence-electron chi connectivity index (χ3n) is 2.85.